The molecule has 1 fully saturated rings. The number of hydrogen-bond acceptors (Lipinski definition) is 3. The van der Waals surface area contributed by atoms with Crippen LogP contribution in [-0.2, 0) is 17.0 Å². The summed E-state index contributed by atoms with van der Waals surface area (Å²) in [5, 5.41) is 0. The molecule has 1 atom stereocenters. The van der Waals surface area contributed by atoms with Gasteiger partial charge >= 0.3 is 0 Å². The molecule has 2 heterocycles. The predicted molar refractivity (Wildman–Crippen MR) is 87.8 cm³/mol. The van der Waals surface area contributed by atoms with E-state index in [0.717, 1.165) is 36.3 Å². The first-order valence-electron chi connectivity index (χ1n) is 7.30. The maximum atomic E-state index is 12.6. The molecular weight excluding hydrogens is 282 g/mol. The summed E-state index contributed by atoms with van der Waals surface area (Å²) >= 11 is 4.25. The summed E-state index contributed by atoms with van der Waals surface area (Å²) in [6.07, 6.45) is 2.23. The molecule has 0 aliphatic carbocycles. The van der Waals surface area contributed by atoms with Crippen LogP contribution in [0.5, 0.6) is 0 Å². The summed E-state index contributed by atoms with van der Waals surface area (Å²) < 4.78 is 7.54. The summed E-state index contributed by atoms with van der Waals surface area (Å²) in [7, 11) is 0. The van der Waals surface area contributed by atoms with Crippen molar-refractivity contribution in [2.24, 2.45) is 0 Å². The highest BCUT2D eigenvalue weighted by Gasteiger charge is 2.19. The molecule has 1 aliphatic heterocycles. The highest BCUT2D eigenvalue weighted by Crippen LogP contribution is 2.21. The molecule has 2 aromatic rings. The molecule has 3 nitrogen and oxygen atoms in total. The van der Waals surface area contributed by atoms with Gasteiger partial charge < -0.3 is 9.30 Å². The highest BCUT2D eigenvalue weighted by atomic mass is 32.1. The molecule has 21 heavy (non-hydrogen) atoms. The predicted octanol–water partition coefficient (Wildman–Crippen LogP) is 3.12. The fourth-order valence-electron chi connectivity index (χ4n) is 2.78. The third-order valence-electron chi connectivity index (χ3n) is 3.90. The first kappa shape index (κ1) is 14.4. The largest absolute Gasteiger partial charge is 0.376 e. The Morgan fingerprint density at radius 2 is 2.00 bits per heavy atom. The van der Waals surface area contributed by atoms with Gasteiger partial charge in [-0.25, -0.2) is 0 Å². The Morgan fingerprint density at radius 1 is 1.19 bits per heavy atom. The van der Waals surface area contributed by atoms with Gasteiger partial charge in [0.2, 0.25) is 0 Å². The molecule has 0 spiro atoms. The van der Waals surface area contributed by atoms with Crippen LogP contribution in [0.25, 0.3) is 11.3 Å². The van der Waals surface area contributed by atoms with Gasteiger partial charge in [0, 0.05) is 17.9 Å². The molecule has 1 saturated heterocycles. The van der Waals surface area contributed by atoms with Crippen LogP contribution in [0.4, 0.5) is 0 Å². The Labute approximate surface area is 130 Å². The van der Waals surface area contributed by atoms with Crippen LogP contribution in [0.3, 0.4) is 0 Å². The van der Waals surface area contributed by atoms with E-state index in [1.54, 1.807) is 0 Å². The van der Waals surface area contributed by atoms with Gasteiger partial charge in [-0.1, -0.05) is 36.4 Å². The average Bonchev–Trinajstić information content (AvgIpc) is 3.03. The number of pyridine rings is 1. The molecule has 110 valence electrons. The molecule has 1 aromatic heterocycles. The first-order valence-corrected chi connectivity index (χ1v) is 7.93. The second-order valence-corrected chi connectivity index (χ2v) is 5.63. The molecular formula is C17H19NO2S. The van der Waals surface area contributed by atoms with Crippen molar-refractivity contribution in [2.75, 3.05) is 6.61 Å². The lowest BCUT2D eigenvalue weighted by Gasteiger charge is -2.17. The van der Waals surface area contributed by atoms with E-state index in [0.29, 0.717) is 12.3 Å². The number of benzene rings is 1. The molecule has 0 bridgehead atoms. The number of hydrogen-bond donors (Lipinski definition) is 1. The Hall–Kier alpha value is -1.52. The average molecular weight is 301 g/mol. The highest BCUT2D eigenvalue weighted by molar-refractivity contribution is 7.79. The fraction of sp³-hybridized carbons (Fsp3) is 0.353. The lowest BCUT2D eigenvalue weighted by Crippen LogP contribution is -2.29. The Balaban J connectivity index is 2.06. The molecule has 1 aromatic carbocycles. The Bertz CT molecular complexity index is 660. The van der Waals surface area contributed by atoms with Gasteiger partial charge in [-0.2, -0.15) is 12.6 Å². The number of rotatable bonds is 4. The van der Waals surface area contributed by atoms with E-state index in [9.17, 15) is 4.79 Å². The summed E-state index contributed by atoms with van der Waals surface area (Å²) in [5.74, 6) is 0.458. The lowest BCUT2D eigenvalue weighted by atomic mass is 10.1. The van der Waals surface area contributed by atoms with Crippen molar-refractivity contribution in [3.05, 3.63) is 58.4 Å². The van der Waals surface area contributed by atoms with Gasteiger partial charge in [0.25, 0.3) is 5.56 Å². The van der Waals surface area contributed by atoms with E-state index < -0.39 is 0 Å². The molecule has 0 radical (unpaired) electrons. The minimum Gasteiger partial charge on any atom is -0.376 e. The van der Waals surface area contributed by atoms with Crippen molar-refractivity contribution in [3.63, 3.8) is 0 Å². The van der Waals surface area contributed by atoms with Crippen LogP contribution in [0.2, 0.25) is 0 Å². The second kappa shape index (κ2) is 6.50. The van der Waals surface area contributed by atoms with Crippen molar-refractivity contribution >= 4 is 12.6 Å². The fourth-order valence-corrected chi connectivity index (χ4v) is 3.02. The quantitative estimate of drug-likeness (QED) is 0.880. The standard InChI is InChI=1S/C17H19NO2S/c19-17-14(12-21)8-9-16(13-5-2-1-3-6-13)18(17)11-15-7-4-10-20-15/h1-3,5-6,8-9,15,21H,4,7,10-12H2. The van der Waals surface area contributed by atoms with Crippen molar-refractivity contribution in [1.82, 2.24) is 4.57 Å². The molecule has 0 amide bonds. The topological polar surface area (TPSA) is 31.2 Å². The molecule has 1 unspecified atom stereocenters. The summed E-state index contributed by atoms with van der Waals surface area (Å²) in [5.41, 5.74) is 2.78. The van der Waals surface area contributed by atoms with Gasteiger partial charge in [0.05, 0.1) is 18.3 Å². The minimum absolute atomic E-state index is 0.0434. The molecule has 4 heteroatoms. The van der Waals surface area contributed by atoms with Crippen molar-refractivity contribution in [3.8, 4) is 11.3 Å². The van der Waals surface area contributed by atoms with Crippen LogP contribution in [0.15, 0.2) is 47.3 Å². The summed E-state index contributed by atoms with van der Waals surface area (Å²) in [4.78, 5) is 12.6. The molecule has 0 saturated carbocycles. The van der Waals surface area contributed by atoms with E-state index in [2.05, 4.69) is 12.6 Å². The van der Waals surface area contributed by atoms with Crippen LogP contribution in [-0.4, -0.2) is 17.3 Å². The van der Waals surface area contributed by atoms with Crippen molar-refractivity contribution < 1.29 is 4.74 Å². The molecule has 3 rings (SSSR count). The lowest BCUT2D eigenvalue weighted by molar-refractivity contribution is 0.0965. The maximum Gasteiger partial charge on any atom is 0.255 e. The number of thiol groups is 1. The zero-order valence-corrected chi connectivity index (χ0v) is 12.8. The number of aromatic nitrogens is 1. The van der Waals surface area contributed by atoms with Gasteiger partial charge in [-0.3, -0.25) is 4.79 Å². The van der Waals surface area contributed by atoms with Crippen LogP contribution < -0.4 is 5.56 Å². The van der Waals surface area contributed by atoms with E-state index >= 15 is 0 Å². The maximum absolute atomic E-state index is 12.6. The monoisotopic (exact) mass is 301 g/mol. The minimum atomic E-state index is 0.0434. The third kappa shape index (κ3) is 3.06. The normalized spacial score (nSPS) is 18.0. The Morgan fingerprint density at radius 3 is 2.67 bits per heavy atom. The summed E-state index contributed by atoms with van der Waals surface area (Å²) in [6.45, 7) is 1.41. The SMILES string of the molecule is O=c1c(CS)ccc(-c2ccccc2)n1CC1CCCO1. The second-order valence-electron chi connectivity index (χ2n) is 5.32. The zero-order valence-electron chi connectivity index (χ0n) is 11.9. The molecule has 0 N–H and O–H groups in total. The first-order chi connectivity index (χ1) is 10.3. The van der Waals surface area contributed by atoms with Crippen molar-refractivity contribution in [2.45, 2.75) is 31.2 Å². The van der Waals surface area contributed by atoms with E-state index in [4.69, 9.17) is 4.74 Å². The van der Waals surface area contributed by atoms with Gasteiger partial charge in [0.15, 0.2) is 0 Å². The molecule has 1 aliphatic rings. The number of ether oxygens (including phenoxy) is 1. The van der Waals surface area contributed by atoms with Crippen molar-refractivity contribution in [1.29, 1.82) is 0 Å². The smallest absolute Gasteiger partial charge is 0.255 e. The van der Waals surface area contributed by atoms with Gasteiger partial charge in [-0.05, 0) is 24.5 Å². The van der Waals surface area contributed by atoms with Gasteiger partial charge in [0.1, 0.15) is 0 Å². The summed E-state index contributed by atoms with van der Waals surface area (Å²) in [6, 6.07) is 13.9. The van der Waals surface area contributed by atoms with E-state index in [-0.39, 0.29) is 11.7 Å². The van der Waals surface area contributed by atoms with E-state index in [1.807, 2.05) is 47.0 Å². The van der Waals surface area contributed by atoms with Crippen LogP contribution >= 0.6 is 12.6 Å². The third-order valence-corrected chi connectivity index (χ3v) is 4.24. The Kier molecular flexibility index (Phi) is 4.46. The number of nitrogens with zero attached hydrogens (tertiary/aromatic N) is 1. The zero-order chi connectivity index (χ0) is 14.7. The van der Waals surface area contributed by atoms with E-state index in [1.165, 1.54) is 0 Å². The van der Waals surface area contributed by atoms with Crippen LogP contribution in [0.1, 0.15) is 18.4 Å². The van der Waals surface area contributed by atoms with Gasteiger partial charge in [-0.15, -0.1) is 0 Å². The van der Waals surface area contributed by atoms with Crippen LogP contribution in [0, 0.1) is 0 Å².